The predicted octanol–water partition coefficient (Wildman–Crippen LogP) is 6.90. The largest absolute Gasteiger partial charge is 0.497 e. The second-order valence-electron chi connectivity index (χ2n) is 15.4. The van der Waals surface area contributed by atoms with E-state index in [-0.39, 0.29) is 60.0 Å². The van der Waals surface area contributed by atoms with Crippen LogP contribution in [0.4, 0.5) is 0 Å². The van der Waals surface area contributed by atoms with Crippen molar-refractivity contribution < 1.29 is 37.8 Å². The van der Waals surface area contributed by atoms with Crippen LogP contribution >= 0.6 is 0 Å². The van der Waals surface area contributed by atoms with Crippen LogP contribution in [0.1, 0.15) is 81.2 Å². The molecule has 0 N–H and O–H groups in total. The molecule has 5 atom stereocenters. The Labute approximate surface area is 281 Å². The van der Waals surface area contributed by atoms with Gasteiger partial charge in [-0.3, -0.25) is 19.3 Å². The van der Waals surface area contributed by atoms with Crippen molar-refractivity contribution in [3.63, 3.8) is 0 Å². The predicted molar refractivity (Wildman–Crippen MR) is 183 cm³/mol. The van der Waals surface area contributed by atoms with Gasteiger partial charge in [-0.2, -0.15) is 0 Å². The van der Waals surface area contributed by atoms with E-state index in [0.29, 0.717) is 30.8 Å². The number of benzene rings is 2. The minimum Gasteiger partial charge on any atom is -0.497 e. The molecule has 0 aromatic heterocycles. The van der Waals surface area contributed by atoms with Gasteiger partial charge in [0.1, 0.15) is 12.4 Å². The van der Waals surface area contributed by atoms with E-state index in [1.54, 1.807) is 31.4 Å². The molecule has 2 amide bonds. The Morgan fingerprint density at radius 3 is 2.04 bits per heavy atom. The third-order valence-electron chi connectivity index (χ3n) is 9.85. The van der Waals surface area contributed by atoms with Gasteiger partial charge in [0.15, 0.2) is 8.32 Å². The second-order valence-corrected chi connectivity index (χ2v) is 20.2. The van der Waals surface area contributed by atoms with Crippen molar-refractivity contribution in [1.82, 2.24) is 4.90 Å². The smallest absolute Gasteiger partial charge is 0.311 e. The van der Waals surface area contributed by atoms with Crippen LogP contribution in [-0.2, 0) is 30.0 Å². The Kier molecular flexibility index (Phi) is 11.4. The number of fused-ring (bicyclic) bond motifs is 1. The van der Waals surface area contributed by atoms with E-state index in [9.17, 15) is 14.4 Å². The van der Waals surface area contributed by atoms with Crippen molar-refractivity contribution in [2.75, 3.05) is 26.9 Å². The number of esters is 1. The highest BCUT2D eigenvalue weighted by Gasteiger charge is 2.47. The molecule has 2 unspecified atom stereocenters. The van der Waals surface area contributed by atoms with E-state index < -0.39 is 19.8 Å². The molecule has 2 aromatic rings. The molecular formula is C37H53NO8Si. The first-order valence-electron chi connectivity index (χ1n) is 16.6. The van der Waals surface area contributed by atoms with Crippen LogP contribution in [0.5, 0.6) is 5.75 Å². The first-order chi connectivity index (χ1) is 21.9. The van der Waals surface area contributed by atoms with Crippen LogP contribution in [0, 0.1) is 17.3 Å². The van der Waals surface area contributed by atoms with E-state index in [4.69, 9.17) is 23.4 Å². The van der Waals surface area contributed by atoms with Crippen molar-refractivity contribution >= 4 is 26.1 Å². The van der Waals surface area contributed by atoms with Gasteiger partial charge in [0, 0.05) is 12.3 Å². The summed E-state index contributed by atoms with van der Waals surface area (Å²) in [6, 6.07) is 14.7. The average Bonchev–Trinajstić information content (AvgIpc) is 3.42. The number of imide groups is 1. The van der Waals surface area contributed by atoms with Gasteiger partial charge in [-0.25, -0.2) is 0 Å². The van der Waals surface area contributed by atoms with Crippen molar-refractivity contribution in [2.24, 2.45) is 17.3 Å². The number of nitrogens with zero attached hydrogens (tertiary/aromatic N) is 1. The van der Waals surface area contributed by atoms with Gasteiger partial charge in [0.2, 0.25) is 0 Å². The zero-order valence-electron chi connectivity index (χ0n) is 29.8. The fourth-order valence-electron chi connectivity index (χ4n) is 5.79. The number of carbonyl (C=O) groups is 3. The van der Waals surface area contributed by atoms with Crippen LogP contribution in [0.25, 0.3) is 0 Å². The number of hydrogen-bond donors (Lipinski definition) is 0. The SMILES string of the molecule is COc1ccc(COCC2[C@H](COC(=O)C(C)(C)C)O[C@H](CC(CN3C(=O)c4ccccc4C3=O)O[Si](C)(C)C(C)(C)C)[C@@H]2C)cc1. The third-order valence-corrected chi connectivity index (χ3v) is 14.4. The minimum atomic E-state index is -2.32. The molecule has 1 fully saturated rings. The molecule has 0 aliphatic carbocycles. The highest BCUT2D eigenvalue weighted by molar-refractivity contribution is 6.74. The van der Waals surface area contributed by atoms with Crippen LogP contribution < -0.4 is 4.74 Å². The molecule has 9 nitrogen and oxygen atoms in total. The van der Waals surface area contributed by atoms with Crippen LogP contribution in [0.15, 0.2) is 48.5 Å². The zero-order chi connectivity index (χ0) is 34.7. The normalized spacial score (nSPS) is 22.4. The fraction of sp³-hybridized carbons (Fsp3) is 0.595. The summed E-state index contributed by atoms with van der Waals surface area (Å²) in [5.41, 5.74) is 1.22. The van der Waals surface area contributed by atoms with Crippen molar-refractivity contribution in [3.8, 4) is 5.75 Å². The first kappa shape index (κ1) is 36.8. The summed E-state index contributed by atoms with van der Waals surface area (Å²) >= 11 is 0. The average molecular weight is 668 g/mol. The number of carbonyl (C=O) groups excluding carboxylic acids is 3. The van der Waals surface area contributed by atoms with Crippen molar-refractivity contribution in [3.05, 3.63) is 65.2 Å². The Bertz CT molecular complexity index is 1380. The molecule has 4 rings (SSSR count). The van der Waals surface area contributed by atoms with Crippen molar-refractivity contribution in [2.45, 2.75) is 97.9 Å². The van der Waals surface area contributed by atoms with Crippen LogP contribution in [0.3, 0.4) is 0 Å². The molecule has 2 aromatic carbocycles. The number of rotatable bonds is 13. The van der Waals surface area contributed by atoms with Gasteiger partial charge in [0.25, 0.3) is 11.8 Å². The summed E-state index contributed by atoms with van der Waals surface area (Å²) in [4.78, 5) is 40.8. The molecule has 0 radical (unpaired) electrons. The highest BCUT2D eigenvalue weighted by atomic mass is 28.4. The number of methoxy groups -OCH3 is 1. The van der Waals surface area contributed by atoms with E-state index >= 15 is 0 Å². The van der Waals surface area contributed by atoms with Gasteiger partial charge in [0.05, 0.1) is 61.7 Å². The maximum absolute atomic E-state index is 13.4. The number of ether oxygens (including phenoxy) is 4. The molecule has 2 aliphatic rings. The molecule has 258 valence electrons. The second kappa shape index (κ2) is 14.6. The quantitative estimate of drug-likeness (QED) is 0.129. The summed E-state index contributed by atoms with van der Waals surface area (Å²) in [7, 11) is -0.679. The topological polar surface area (TPSA) is 101 Å². The lowest BCUT2D eigenvalue weighted by atomic mass is 9.87. The van der Waals surface area contributed by atoms with Gasteiger partial charge < -0.3 is 23.4 Å². The summed E-state index contributed by atoms with van der Waals surface area (Å²) in [6.07, 6.45) is -0.625. The molecule has 10 heteroatoms. The summed E-state index contributed by atoms with van der Waals surface area (Å²) in [5.74, 6) is -0.139. The summed E-state index contributed by atoms with van der Waals surface area (Å²) in [6.45, 7) is 19.5. The van der Waals surface area contributed by atoms with Crippen LogP contribution in [0.2, 0.25) is 18.1 Å². The molecule has 0 saturated carbocycles. The molecular weight excluding hydrogens is 614 g/mol. The molecule has 47 heavy (non-hydrogen) atoms. The Hall–Kier alpha value is -3.05. The number of hydrogen-bond acceptors (Lipinski definition) is 8. The van der Waals surface area contributed by atoms with E-state index in [1.165, 1.54) is 4.90 Å². The highest BCUT2D eigenvalue weighted by Crippen LogP contribution is 2.41. The Balaban J connectivity index is 1.53. The van der Waals surface area contributed by atoms with Gasteiger partial charge >= 0.3 is 5.97 Å². The molecule has 1 saturated heterocycles. The molecule has 0 spiro atoms. The molecule has 2 heterocycles. The van der Waals surface area contributed by atoms with Crippen LogP contribution in [-0.4, -0.2) is 76.2 Å². The maximum atomic E-state index is 13.4. The lowest BCUT2D eigenvalue weighted by Gasteiger charge is -2.40. The third kappa shape index (κ3) is 8.71. The Morgan fingerprint density at radius 1 is 0.915 bits per heavy atom. The van der Waals surface area contributed by atoms with Gasteiger partial charge in [-0.05, 0) is 74.7 Å². The molecule has 2 aliphatic heterocycles. The lowest BCUT2D eigenvalue weighted by molar-refractivity contribution is -0.158. The Morgan fingerprint density at radius 2 is 1.51 bits per heavy atom. The standard InChI is InChI=1S/C37H53NO8Si/c1-24-30(22-43-21-25-15-17-26(42-8)18-16-25)32(23-44-35(41)36(2,3)4)45-31(24)19-27(46-47(9,10)37(5,6)7)20-38-33(39)28-13-11-12-14-29(28)34(38)40/h11-18,24,27,30-32H,19-23H2,1-10H3/t24-,27?,30?,31-,32+/m1/s1. The van der Waals surface area contributed by atoms with Gasteiger partial charge in [-0.15, -0.1) is 0 Å². The summed E-state index contributed by atoms with van der Waals surface area (Å²) in [5, 5.41) is -0.0864. The van der Waals surface area contributed by atoms with Crippen molar-refractivity contribution in [1.29, 1.82) is 0 Å². The minimum absolute atomic E-state index is 0.0249. The zero-order valence-corrected chi connectivity index (χ0v) is 30.8. The number of amides is 2. The van der Waals surface area contributed by atoms with E-state index in [0.717, 1.165) is 11.3 Å². The maximum Gasteiger partial charge on any atom is 0.311 e. The first-order valence-corrected chi connectivity index (χ1v) is 19.5. The van der Waals surface area contributed by atoms with E-state index in [2.05, 4.69) is 40.8 Å². The summed E-state index contributed by atoms with van der Waals surface area (Å²) < 4.78 is 30.8. The van der Waals surface area contributed by atoms with E-state index in [1.807, 2.05) is 45.0 Å². The fourth-order valence-corrected chi connectivity index (χ4v) is 7.14. The monoisotopic (exact) mass is 667 g/mol. The van der Waals surface area contributed by atoms with Gasteiger partial charge in [-0.1, -0.05) is 52.0 Å². The lowest BCUT2D eigenvalue weighted by Crippen LogP contribution is -2.49. The molecule has 0 bridgehead atoms.